The zero-order valence-corrected chi connectivity index (χ0v) is 13.2. The van der Waals surface area contributed by atoms with E-state index in [9.17, 15) is 9.59 Å². The minimum Gasteiger partial charge on any atom is -0.357 e. The van der Waals surface area contributed by atoms with E-state index in [4.69, 9.17) is 0 Å². The van der Waals surface area contributed by atoms with E-state index in [2.05, 4.69) is 22.9 Å². The van der Waals surface area contributed by atoms with E-state index in [1.54, 1.807) is 7.05 Å². The van der Waals surface area contributed by atoms with Gasteiger partial charge in [0.25, 0.3) is 0 Å². The SMILES string of the molecule is CCC1CCNC(C(=O)NC(CC(C)C)C(=O)NC)C1. The largest absolute Gasteiger partial charge is 0.357 e. The lowest BCUT2D eigenvalue weighted by molar-refractivity contribution is -0.130. The summed E-state index contributed by atoms with van der Waals surface area (Å²) in [7, 11) is 1.60. The van der Waals surface area contributed by atoms with Crippen LogP contribution in [0.15, 0.2) is 0 Å². The van der Waals surface area contributed by atoms with Crippen LogP contribution in [-0.2, 0) is 9.59 Å². The Bertz CT molecular complexity index is 331. The van der Waals surface area contributed by atoms with Gasteiger partial charge in [0.05, 0.1) is 6.04 Å². The minimum absolute atomic E-state index is 0.0441. The molecule has 2 amide bonds. The van der Waals surface area contributed by atoms with Crippen molar-refractivity contribution in [2.75, 3.05) is 13.6 Å². The van der Waals surface area contributed by atoms with Crippen LogP contribution in [0.4, 0.5) is 0 Å². The zero-order chi connectivity index (χ0) is 15.1. The highest BCUT2D eigenvalue weighted by Gasteiger charge is 2.29. The summed E-state index contributed by atoms with van der Waals surface area (Å²) < 4.78 is 0. The first kappa shape index (κ1) is 17.0. The average Bonchev–Trinajstić information content (AvgIpc) is 2.45. The Balaban J connectivity index is 2.58. The predicted octanol–water partition coefficient (Wildman–Crippen LogP) is 1.04. The normalized spacial score (nSPS) is 24.2. The molecule has 0 bridgehead atoms. The van der Waals surface area contributed by atoms with Crippen LogP contribution in [0.5, 0.6) is 0 Å². The highest BCUT2D eigenvalue weighted by molar-refractivity contribution is 5.89. The summed E-state index contributed by atoms with van der Waals surface area (Å²) >= 11 is 0. The van der Waals surface area contributed by atoms with E-state index in [0.717, 1.165) is 25.8 Å². The molecule has 1 aliphatic rings. The van der Waals surface area contributed by atoms with Crippen molar-refractivity contribution in [1.82, 2.24) is 16.0 Å². The van der Waals surface area contributed by atoms with E-state index in [-0.39, 0.29) is 17.9 Å². The topological polar surface area (TPSA) is 70.2 Å². The summed E-state index contributed by atoms with van der Waals surface area (Å²) in [5, 5.41) is 8.78. The van der Waals surface area contributed by atoms with Crippen molar-refractivity contribution >= 4 is 11.8 Å². The van der Waals surface area contributed by atoms with Gasteiger partial charge in [-0.1, -0.05) is 27.2 Å². The smallest absolute Gasteiger partial charge is 0.242 e. The molecular weight excluding hydrogens is 254 g/mol. The van der Waals surface area contributed by atoms with Crippen molar-refractivity contribution in [2.24, 2.45) is 11.8 Å². The Morgan fingerprint density at radius 2 is 2.05 bits per heavy atom. The summed E-state index contributed by atoms with van der Waals surface area (Å²) in [6.45, 7) is 7.14. The molecule has 1 saturated heterocycles. The van der Waals surface area contributed by atoms with Crippen LogP contribution >= 0.6 is 0 Å². The number of amides is 2. The molecule has 116 valence electrons. The maximum Gasteiger partial charge on any atom is 0.242 e. The van der Waals surface area contributed by atoms with Crippen molar-refractivity contribution < 1.29 is 9.59 Å². The number of nitrogens with one attached hydrogen (secondary N) is 3. The van der Waals surface area contributed by atoms with Gasteiger partial charge >= 0.3 is 0 Å². The van der Waals surface area contributed by atoms with Crippen molar-refractivity contribution in [2.45, 2.75) is 58.5 Å². The number of hydrogen-bond donors (Lipinski definition) is 3. The summed E-state index contributed by atoms with van der Waals surface area (Å²) in [5.41, 5.74) is 0. The fourth-order valence-electron chi connectivity index (χ4n) is 2.72. The maximum absolute atomic E-state index is 12.3. The molecular formula is C15H29N3O2. The molecule has 3 unspecified atom stereocenters. The second-order valence-corrected chi connectivity index (χ2v) is 6.11. The van der Waals surface area contributed by atoms with E-state index in [1.165, 1.54) is 0 Å². The van der Waals surface area contributed by atoms with E-state index < -0.39 is 6.04 Å². The highest BCUT2D eigenvalue weighted by Crippen LogP contribution is 2.19. The van der Waals surface area contributed by atoms with E-state index in [0.29, 0.717) is 18.3 Å². The fraction of sp³-hybridized carbons (Fsp3) is 0.867. The van der Waals surface area contributed by atoms with Gasteiger partial charge in [-0.2, -0.15) is 0 Å². The van der Waals surface area contributed by atoms with E-state index in [1.807, 2.05) is 13.8 Å². The maximum atomic E-state index is 12.3. The Morgan fingerprint density at radius 1 is 1.35 bits per heavy atom. The summed E-state index contributed by atoms with van der Waals surface area (Å²) in [4.78, 5) is 24.2. The standard InChI is InChI=1S/C15H29N3O2/c1-5-11-6-7-17-12(9-11)15(20)18-13(8-10(2)3)14(19)16-4/h10-13,17H,5-9H2,1-4H3,(H,16,19)(H,18,20). The van der Waals surface area contributed by atoms with Gasteiger partial charge < -0.3 is 16.0 Å². The van der Waals surface area contributed by atoms with Gasteiger partial charge in [-0.25, -0.2) is 0 Å². The quantitative estimate of drug-likeness (QED) is 0.682. The zero-order valence-electron chi connectivity index (χ0n) is 13.2. The van der Waals surface area contributed by atoms with Crippen molar-refractivity contribution in [3.8, 4) is 0 Å². The van der Waals surface area contributed by atoms with Gasteiger partial charge in [0.1, 0.15) is 6.04 Å². The van der Waals surface area contributed by atoms with Gasteiger partial charge in [0, 0.05) is 7.05 Å². The lowest BCUT2D eigenvalue weighted by Gasteiger charge is -2.30. The fourth-order valence-corrected chi connectivity index (χ4v) is 2.72. The van der Waals surface area contributed by atoms with Crippen LogP contribution in [0.2, 0.25) is 0 Å². The third kappa shape index (κ3) is 5.12. The van der Waals surface area contributed by atoms with Gasteiger partial charge in [-0.3, -0.25) is 9.59 Å². The molecule has 1 heterocycles. The lowest BCUT2D eigenvalue weighted by atomic mass is 9.90. The third-order valence-corrected chi connectivity index (χ3v) is 3.99. The number of carbonyl (C=O) groups excluding carboxylic acids is 2. The second-order valence-electron chi connectivity index (χ2n) is 6.11. The lowest BCUT2D eigenvalue weighted by Crippen LogP contribution is -2.54. The summed E-state index contributed by atoms with van der Waals surface area (Å²) in [5.74, 6) is 0.808. The Hall–Kier alpha value is -1.10. The first-order chi connectivity index (χ1) is 9.47. The molecule has 0 aromatic heterocycles. The van der Waals surface area contributed by atoms with Crippen LogP contribution < -0.4 is 16.0 Å². The molecule has 0 aromatic carbocycles. The third-order valence-electron chi connectivity index (χ3n) is 3.99. The number of piperidine rings is 1. The summed E-state index contributed by atoms with van der Waals surface area (Å²) in [6, 6.07) is -0.593. The van der Waals surface area contributed by atoms with Crippen LogP contribution in [0.1, 0.15) is 46.5 Å². The number of rotatable bonds is 6. The second kappa shape index (κ2) is 8.25. The molecule has 1 fully saturated rings. The monoisotopic (exact) mass is 283 g/mol. The first-order valence-corrected chi connectivity index (χ1v) is 7.73. The van der Waals surface area contributed by atoms with Crippen molar-refractivity contribution in [3.63, 3.8) is 0 Å². The van der Waals surface area contributed by atoms with Crippen LogP contribution in [-0.4, -0.2) is 37.5 Å². The molecule has 5 nitrogen and oxygen atoms in total. The Kier molecular flexibility index (Phi) is 6.99. The van der Waals surface area contributed by atoms with E-state index >= 15 is 0 Å². The molecule has 0 aliphatic carbocycles. The molecule has 5 heteroatoms. The van der Waals surface area contributed by atoms with Gasteiger partial charge in [0.15, 0.2) is 0 Å². The van der Waals surface area contributed by atoms with Gasteiger partial charge in [-0.05, 0) is 37.6 Å². The van der Waals surface area contributed by atoms with Crippen LogP contribution in [0, 0.1) is 11.8 Å². The minimum atomic E-state index is -0.434. The predicted molar refractivity (Wildman–Crippen MR) is 80.3 cm³/mol. The number of carbonyl (C=O) groups is 2. The highest BCUT2D eigenvalue weighted by atomic mass is 16.2. The molecule has 20 heavy (non-hydrogen) atoms. The molecule has 0 radical (unpaired) electrons. The average molecular weight is 283 g/mol. The summed E-state index contributed by atoms with van der Waals surface area (Å²) in [6.07, 6.45) is 3.77. The first-order valence-electron chi connectivity index (χ1n) is 7.73. The molecule has 0 saturated carbocycles. The molecule has 3 atom stereocenters. The van der Waals surface area contributed by atoms with Crippen molar-refractivity contribution in [1.29, 1.82) is 0 Å². The molecule has 1 rings (SSSR count). The van der Waals surface area contributed by atoms with Gasteiger partial charge in [0.2, 0.25) is 11.8 Å². The number of hydrogen-bond acceptors (Lipinski definition) is 3. The van der Waals surface area contributed by atoms with Gasteiger partial charge in [-0.15, -0.1) is 0 Å². The molecule has 0 spiro atoms. The van der Waals surface area contributed by atoms with Crippen LogP contribution in [0.25, 0.3) is 0 Å². The molecule has 0 aromatic rings. The Labute approximate surface area is 122 Å². The number of likely N-dealkylation sites (N-methyl/N-ethyl adjacent to an activating group) is 1. The molecule has 3 N–H and O–H groups in total. The molecule has 1 aliphatic heterocycles. The Morgan fingerprint density at radius 3 is 2.60 bits per heavy atom. The van der Waals surface area contributed by atoms with Crippen molar-refractivity contribution in [3.05, 3.63) is 0 Å². The van der Waals surface area contributed by atoms with Crippen LogP contribution in [0.3, 0.4) is 0 Å².